The number of pyridine rings is 1. The fourth-order valence-electron chi connectivity index (χ4n) is 6.55. The fourth-order valence-corrected chi connectivity index (χ4v) is 7.44. The predicted octanol–water partition coefficient (Wildman–Crippen LogP) is 7.30. The molecule has 13 heteroatoms. The number of alkyl halides is 2. The summed E-state index contributed by atoms with van der Waals surface area (Å²) < 4.78 is 46.8. The Labute approximate surface area is 268 Å². The summed E-state index contributed by atoms with van der Waals surface area (Å²) in [5.41, 5.74) is 0.997. The molecular weight excluding hydrogens is 621 g/mol. The van der Waals surface area contributed by atoms with Gasteiger partial charge in [-0.05, 0) is 73.9 Å². The second-order valence-corrected chi connectivity index (χ2v) is 13.2. The minimum absolute atomic E-state index is 0.0126. The number of carbonyl (C=O) groups is 3. The molecule has 0 radical (unpaired) electrons. The van der Waals surface area contributed by atoms with Gasteiger partial charge in [-0.25, -0.2) is 9.97 Å². The number of aliphatic carboxylic acids is 1. The van der Waals surface area contributed by atoms with Crippen LogP contribution in [-0.2, 0) is 14.4 Å². The molecule has 3 aromatic rings. The van der Waals surface area contributed by atoms with Crippen LogP contribution < -0.4 is 14.5 Å². The first-order valence-electron chi connectivity index (χ1n) is 15.7. The zero-order chi connectivity index (χ0) is 32.4. The average Bonchev–Trinajstić information content (AvgIpc) is 3.58. The molecule has 2 saturated carbocycles. The Balaban J connectivity index is 1.35. The van der Waals surface area contributed by atoms with Crippen LogP contribution in [0.3, 0.4) is 0 Å². The number of anilines is 2. The number of nitrogens with zero attached hydrogens (tertiary/aromatic N) is 4. The number of carbonyl (C=O) groups excluding carboxylic acids is 2. The van der Waals surface area contributed by atoms with Crippen LogP contribution in [0.4, 0.5) is 24.1 Å². The number of piperidine rings is 1. The van der Waals surface area contributed by atoms with Gasteiger partial charge in [-0.15, -0.1) is 0 Å². The highest BCUT2D eigenvalue weighted by Crippen LogP contribution is 2.43. The van der Waals surface area contributed by atoms with Crippen molar-refractivity contribution in [3.05, 3.63) is 41.7 Å². The lowest BCUT2D eigenvalue weighted by Gasteiger charge is -2.26. The first kappa shape index (κ1) is 32.0. The van der Waals surface area contributed by atoms with Gasteiger partial charge in [0.05, 0.1) is 6.42 Å². The summed E-state index contributed by atoms with van der Waals surface area (Å²) >= 11 is 0.669. The average molecular weight is 657 g/mol. The van der Waals surface area contributed by atoms with E-state index in [1.54, 1.807) is 17.0 Å². The summed E-state index contributed by atoms with van der Waals surface area (Å²) in [6.45, 7) is -2.54. The molecule has 0 spiro atoms. The van der Waals surface area contributed by atoms with Crippen molar-refractivity contribution in [2.75, 3.05) is 16.3 Å². The minimum atomic E-state index is -3.11. The normalized spacial score (nSPS) is 17.8. The first-order chi connectivity index (χ1) is 22.2. The standard InChI is InChI=1S/C33H35F3N4O5S/c34-30-29(38-33(46-30)40(22-9-10-22)31(44)21(16-28(42)43)15-19-5-1-2-6-19)25-17-23(45-32(35)36)11-12-24(25)20-8-13-26(37-18-20)39-14-4-3-7-27(39)41/h8,11-13,17-19,21-22,32H,1-7,9-10,14-16H2,(H,42,43)/t21-/m1/s1. The first-order valence-corrected chi connectivity index (χ1v) is 16.6. The van der Waals surface area contributed by atoms with E-state index in [1.807, 2.05) is 0 Å². The Bertz CT molecular complexity index is 1590. The highest BCUT2D eigenvalue weighted by Gasteiger charge is 2.41. The molecule has 1 atom stereocenters. The lowest BCUT2D eigenvalue weighted by atomic mass is 9.90. The van der Waals surface area contributed by atoms with Crippen LogP contribution in [0.25, 0.3) is 22.4 Å². The molecule has 0 unspecified atom stereocenters. The highest BCUT2D eigenvalue weighted by molar-refractivity contribution is 7.14. The van der Waals surface area contributed by atoms with Crippen molar-refractivity contribution < 1.29 is 37.4 Å². The molecule has 1 saturated heterocycles. The van der Waals surface area contributed by atoms with Crippen molar-refractivity contribution >= 4 is 40.1 Å². The van der Waals surface area contributed by atoms with E-state index in [0.717, 1.165) is 38.5 Å². The predicted molar refractivity (Wildman–Crippen MR) is 166 cm³/mol. The van der Waals surface area contributed by atoms with E-state index >= 15 is 4.39 Å². The molecule has 3 heterocycles. The topological polar surface area (TPSA) is 113 Å². The van der Waals surface area contributed by atoms with Gasteiger partial charge < -0.3 is 9.84 Å². The third-order valence-corrected chi connectivity index (χ3v) is 9.77. The molecule has 6 rings (SSSR count). The van der Waals surface area contributed by atoms with E-state index in [2.05, 4.69) is 14.7 Å². The number of hydrogen-bond donors (Lipinski definition) is 1. The van der Waals surface area contributed by atoms with Crippen molar-refractivity contribution in [3.8, 4) is 28.1 Å². The molecule has 2 aliphatic carbocycles. The summed E-state index contributed by atoms with van der Waals surface area (Å²) in [5, 5.41) is 8.99. The Morgan fingerprint density at radius 1 is 1.07 bits per heavy atom. The number of benzene rings is 1. The largest absolute Gasteiger partial charge is 0.481 e. The molecule has 3 aliphatic rings. The maximum Gasteiger partial charge on any atom is 0.387 e. The van der Waals surface area contributed by atoms with Crippen molar-refractivity contribution in [1.29, 1.82) is 0 Å². The van der Waals surface area contributed by atoms with Gasteiger partial charge in [0.25, 0.3) is 0 Å². The van der Waals surface area contributed by atoms with Crippen LogP contribution in [0.2, 0.25) is 0 Å². The van der Waals surface area contributed by atoms with E-state index in [9.17, 15) is 28.3 Å². The monoisotopic (exact) mass is 656 g/mol. The number of amides is 2. The molecular formula is C33H35F3N4O5S. The fraction of sp³-hybridized carbons (Fsp3) is 0.485. The van der Waals surface area contributed by atoms with Gasteiger partial charge >= 0.3 is 12.6 Å². The number of ether oxygens (including phenoxy) is 1. The number of halogens is 3. The second kappa shape index (κ2) is 13.8. The summed E-state index contributed by atoms with van der Waals surface area (Å²) in [4.78, 5) is 50.2. The second-order valence-electron chi connectivity index (χ2n) is 12.2. The van der Waals surface area contributed by atoms with Crippen LogP contribution in [0.1, 0.15) is 70.6 Å². The van der Waals surface area contributed by atoms with E-state index in [0.29, 0.717) is 60.5 Å². The summed E-state index contributed by atoms with van der Waals surface area (Å²) in [6, 6.07) is 7.34. The highest BCUT2D eigenvalue weighted by atomic mass is 32.1. The molecule has 2 aromatic heterocycles. The van der Waals surface area contributed by atoms with Gasteiger partial charge in [0.15, 0.2) is 5.13 Å². The summed E-state index contributed by atoms with van der Waals surface area (Å²) in [7, 11) is 0. The van der Waals surface area contributed by atoms with E-state index in [-0.39, 0.29) is 52.3 Å². The van der Waals surface area contributed by atoms with Crippen LogP contribution in [-0.4, -0.2) is 52.1 Å². The number of thiazole rings is 1. The van der Waals surface area contributed by atoms with Crippen molar-refractivity contribution in [3.63, 3.8) is 0 Å². The SMILES string of the molecule is O=C(O)C[C@@H](CC1CCCC1)C(=O)N(c1nc(-c2cc(OC(F)F)ccc2-c2ccc(N3CCCCC3=O)nc2)c(F)s1)C1CC1. The van der Waals surface area contributed by atoms with Gasteiger partial charge in [-0.1, -0.05) is 37.0 Å². The maximum atomic E-state index is 15.9. The van der Waals surface area contributed by atoms with Crippen LogP contribution in [0.15, 0.2) is 36.5 Å². The van der Waals surface area contributed by atoms with Crippen LogP contribution in [0.5, 0.6) is 5.75 Å². The van der Waals surface area contributed by atoms with Crippen LogP contribution in [0, 0.1) is 17.0 Å². The quantitative estimate of drug-likeness (QED) is 0.218. The molecule has 3 fully saturated rings. The van der Waals surface area contributed by atoms with Gasteiger partial charge in [0.1, 0.15) is 17.3 Å². The Hall–Kier alpha value is -4.00. The number of hydrogen-bond acceptors (Lipinski definition) is 7. The molecule has 2 amide bonds. The van der Waals surface area contributed by atoms with E-state index in [1.165, 1.54) is 29.3 Å². The van der Waals surface area contributed by atoms with Crippen molar-refractivity contribution in [2.24, 2.45) is 11.8 Å². The Morgan fingerprint density at radius 3 is 2.50 bits per heavy atom. The zero-order valence-corrected chi connectivity index (χ0v) is 26.0. The van der Waals surface area contributed by atoms with E-state index in [4.69, 9.17) is 0 Å². The van der Waals surface area contributed by atoms with Gasteiger partial charge in [-0.2, -0.15) is 13.2 Å². The molecule has 244 valence electrons. The zero-order valence-electron chi connectivity index (χ0n) is 25.2. The lowest BCUT2D eigenvalue weighted by Crippen LogP contribution is -2.39. The van der Waals surface area contributed by atoms with Crippen LogP contribution >= 0.6 is 11.3 Å². The molecule has 46 heavy (non-hydrogen) atoms. The molecule has 9 nitrogen and oxygen atoms in total. The number of rotatable bonds is 12. The van der Waals surface area contributed by atoms with Crippen molar-refractivity contribution in [2.45, 2.75) is 83.3 Å². The van der Waals surface area contributed by atoms with Crippen molar-refractivity contribution in [1.82, 2.24) is 9.97 Å². The number of aromatic nitrogens is 2. The third-order valence-electron chi connectivity index (χ3n) is 8.92. The maximum absolute atomic E-state index is 15.9. The Kier molecular flexibility index (Phi) is 9.57. The molecule has 1 N–H and O–H groups in total. The molecule has 1 aliphatic heterocycles. The van der Waals surface area contributed by atoms with Gasteiger partial charge in [0, 0.05) is 42.2 Å². The third kappa shape index (κ3) is 7.19. The lowest BCUT2D eigenvalue weighted by molar-refractivity contribution is -0.141. The minimum Gasteiger partial charge on any atom is -0.481 e. The molecule has 1 aromatic carbocycles. The van der Waals surface area contributed by atoms with E-state index < -0.39 is 23.6 Å². The number of carboxylic acid groups (broad SMARTS) is 1. The van der Waals surface area contributed by atoms with Gasteiger partial charge in [-0.3, -0.25) is 24.2 Å². The Morgan fingerprint density at radius 2 is 1.85 bits per heavy atom. The smallest absolute Gasteiger partial charge is 0.387 e. The summed E-state index contributed by atoms with van der Waals surface area (Å²) in [6.07, 6.45) is 9.20. The molecule has 0 bridgehead atoms. The number of carboxylic acids is 1. The summed E-state index contributed by atoms with van der Waals surface area (Å²) in [5.74, 6) is -1.65. The van der Waals surface area contributed by atoms with Gasteiger partial charge in [0.2, 0.25) is 16.9 Å².